The number of allylic oxidation sites excluding steroid dienone is 2. The van der Waals surface area contributed by atoms with E-state index in [0.717, 1.165) is 24.8 Å². The Morgan fingerprint density at radius 2 is 1.59 bits per heavy atom. The highest BCUT2D eigenvalue weighted by atomic mass is 79.9. The van der Waals surface area contributed by atoms with Crippen molar-refractivity contribution in [3.05, 3.63) is 76.8 Å². The van der Waals surface area contributed by atoms with Crippen molar-refractivity contribution >= 4 is 33.6 Å². The van der Waals surface area contributed by atoms with Crippen molar-refractivity contribution in [2.24, 2.45) is 0 Å². The van der Waals surface area contributed by atoms with Crippen LogP contribution in [0.25, 0.3) is 0 Å². The van der Waals surface area contributed by atoms with E-state index in [1.54, 1.807) is 0 Å². The predicted molar refractivity (Wildman–Crippen MR) is 118 cm³/mol. The molecule has 0 aliphatic heterocycles. The van der Waals surface area contributed by atoms with E-state index in [4.69, 9.17) is 0 Å². The maximum Gasteiger partial charge on any atom is 0.243 e. The second-order valence-electron chi connectivity index (χ2n) is 7.34. The Hall–Kier alpha value is -1.52. The first-order valence-electron chi connectivity index (χ1n) is 9.45. The quantitative estimate of drug-likeness (QED) is 0.459. The summed E-state index contributed by atoms with van der Waals surface area (Å²) in [5.41, 5.74) is 2.35. The third-order valence-corrected chi connectivity index (χ3v) is 6.17. The van der Waals surface area contributed by atoms with Gasteiger partial charge in [0.2, 0.25) is 5.91 Å². The molecular weight excluding hydrogens is 418 g/mol. The first-order valence-corrected chi connectivity index (χ1v) is 11.1. The fourth-order valence-electron chi connectivity index (χ4n) is 3.26. The molecule has 1 aliphatic rings. The van der Waals surface area contributed by atoms with E-state index in [9.17, 15) is 4.79 Å². The van der Waals surface area contributed by atoms with E-state index in [-0.39, 0.29) is 5.91 Å². The standard InChI is InChI=1S/C23H26BrNOS/c1-23(2,24)22(26)25(17-18-11-5-3-6-12-18)20-15-9-10-16-21(20)27-19-13-7-4-8-14-19/h3-8,11-14H,9-10,15-17H2,1-2H3. The predicted octanol–water partition coefficient (Wildman–Crippen LogP) is 6.77. The zero-order valence-corrected chi connectivity index (χ0v) is 18.4. The van der Waals surface area contributed by atoms with Crippen LogP contribution in [0.15, 0.2) is 76.2 Å². The van der Waals surface area contributed by atoms with E-state index < -0.39 is 4.32 Å². The second-order valence-corrected chi connectivity index (χ2v) is 10.5. The average molecular weight is 444 g/mol. The van der Waals surface area contributed by atoms with Gasteiger partial charge in [-0.05, 0) is 57.2 Å². The van der Waals surface area contributed by atoms with Crippen molar-refractivity contribution < 1.29 is 4.79 Å². The molecule has 2 nitrogen and oxygen atoms in total. The van der Waals surface area contributed by atoms with Gasteiger partial charge < -0.3 is 4.90 Å². The molecule has 4 heteroatoms. The van der Waals surface area contributed by atoms with Crippen molar-refractivity contribution in [2.75, 3.05) is 0 Å². The number of hydrogen-bond acceptors (Lipinski definition) is 2. The first-order chi connectivity index (χ1) is 12.9. The molecule has 0 aromatic heterocycles. The van der Waals surface area contributed by atoms with Gasteiger partial charge in [0.25, 0.3) is 0 Å². The highest BCUT2D eigenvalue weighted by Gasteiger charge is 2.33. The Morgan fingerprint density at radius 1 is 1.00 bits per heavy atom. The Labute approximate surface area is 175 Å². The number of carbonyl (C=O) groups is 1. The molecule has 0 N–H and O–H groups in total. The zero-order valence-electron chi connectivity index (χ0n) is 16.0. The molecule has 0 bridgehead atoms. The number of nitrogens with zero attached hydrogens (tertiary/aromatic N) is 1. The van der Waals surface area contributed by atoms with Gasteiger partial charge in [-0.2, -0.15) is 0 Å². The third-order valence-electron chi connectivity index (χ3n) is 4.64. The number of hydrogen-bond donors (Lipinski definition) is 0. The first kappa shape index (κ1) is 20.2. The molecule has 3 rings (SSSR count). The SMILES string of the molecule is CC(C)(Br)C(=O)N(Cc1ccccc1)C1=C(Sc2ccccc2)CCCC1. The van der Waals surface area contributed by atoms with Crippen LogP contribution in [0.5, 0.6) is 0 Å². The van der Waals surface area contributed by atoms with Gasteiger partial charge in [0.05, 0.1) is 10.9 Å². The van der Waals surface area contributed by atoms with Crippen molar-refractivity contribution in [1.82, 2.24) is 4.90 Å². The molecule has 0 unspecified atom stereocenters. The minimum Gasteiger partial charge on any atom is -0.310 e. The highest BCUT2D eigenvalue weighted by Crippen LogP contribution is 2.40. The molecule has 1 amide bonds. The lowest BCUT2D eigenvalue weighted by Gasteiger charge is -2.34. The second kappa shape index (κ2) is 9.11. The van der Waals surface area contributed by atoms with Crippen LogP contribution in [0.3, 0.4) is 0 Å². The van der Waals surface area contributed by atoms with Crippen LogP contribution in [-0.4, -0.2) is 15.1 Å². The van der Waals surface area contributed by atoms with Gasteiger partial charge in [0.15, 0.2) is 0 Å². The Bertz CT molecular complexity index is 796. The number of rotatable bonds is 6. The molecular formula is C23H26BrNOS. The normalized spacial score (nSPS) is 14.9. The smallest absolute Gasteiger partial charge is 0.243 e. The molecule has 142 valence electrons. The number of thioether (sulfide) groups is 1. The zero-order chi connectivity index (χ0) is 19.3. The molecule has 2 aromatic carbocycles. The molecule has 0 fully saturated rings. The summed E-state index contributed by atoms with van der Waals surface area (Å²) in [6.07, 6.45) is 4.31. The lowest BCUT2D eigenvalue weighted by Crippen LogP contribution is -2.41. The van der Waals surface area contributed by atoms with Gasteiger partial charge in [-0.15, -0.1) is 0 Å². The van der Waals surface area contributed by atoms with Gasteiger partial charge in [-0.25, -0.2) is 0 Å². The van der Waals surface area contributed by atoms with Crippen molar-refractivity contribution in [2.45, 2.75) is 55.3 Å². The van der Waals surface area contributed by atoms with E-state index in [1.807, 2.05) is 54.8 Å². The lowest BCUT2D eigenvalue weighted by molar-refractivity contribution is -0.131. The van der Waals surface area contributed by atoms with Gasteiger partial charge >= 0.3 is 0 Å². The molecule has 0 saturated heterocycles. The van der Waals surface area contributed by atoms with Crippen molar-refractivity contribution in [3.63, 3.8) is 0 Å². The molecule has 0 radical (unpaired) electrons. The summed E-state index contributed by atoms with van der Waals surface area (Å²) in [7, 11) is 0. The van der Waals surface area contributed by atoms with Crippen LogP contribution in [0.2, 0.25) is 0 Å². The maximum absolute atomic E-state index is 13.3. The van der Waals surface area contributed by atoms with Crippen LogP contribution >= 0.6 is 27.7 Å². The Balaban J connectivity index is 1.97. The molecule has 0 atom stereocenters. The molecule has 0 saturated carbocycles. The van der Waals surface area contributed by atoms with Gasteiger partial charge in [-0.3, -0.25) is 4.79 Å². The fraction of sp³-hybridized carbons (Fsp3) is 0.348. The Morgan fingerprint density at radius 3 is 2.22 bits per heavy atom. The largest absolute Gasteiger partial charge is 0.310 e. The topological polar surface area (TPSA) is 20.3 Å². The third kappa shape index (κ3) is 5.49. The summed E-state index contributed by atoms with van der Waals surface area (Å²) < 4.78 is -0.589. The van der Waals surface area contributed by atoms with Crippen LogP contribution in [0, 0.1) is 0 Å². The van der Waals surface area contributed by atoms with E-state index in [0.29, 0.717) is 6.54 Å². The lowest BCUT2D eigenvalue weighted by atomic mass is 10.0. The maximum atomic E-state index is 13.3. The van der Waals surface area contributed by atoms with Gasteiger partial charge in [-0.1, -0.05) is 76.2 Å². The van der Waals surface area contributed by atoms with Gasteiger partial charge in [0, 0.05) is 15.5 Å². The Kier molecular flexibility index (Phi) is 6.83. The van der Waals surface area contributed by atoms with Crippen molar-refractivity contribution in [1.29, 1.82) is 0 Å². The molecule has 0 heterocycles. The van der Waals surface area contributed by atoms with E-state index in [2.05, 4.69) is 52.3 Å². The van der Waals surface area contributed by atoms with Crippen molar-refractivity contribution in [3.8, 4) is 0 Å². The van der Waals surface area contributed by atoms with Crippen LogP contribution in [0.1, 0.15) is 45.1 Å². The van der Waals surface area contributed by atoms with Gasteiger partial charge in [0.1, 0.15) is 0 Å². The molecule has 2 aromatic rings. The monoisotopic (exact) mass is 443 g/mol. The number of amides is 1. The number of halogens is 1. The number of carbonyl (C=O) groups excluding carboxylic acids is 1. The number of alkyl halides is 1. The summed E-state index contributed by atoms with van der Waals surface area (Å²) in [6.45, 7) is 4.48. The minimum absolute atomic E-state index is 0.120. The van der Waals surface area contributed by atoms with E-state index in [1.165, 1.54) is 21.9 Å². The number of benzene rings is 2. The minimum atomic E-state index is -0.589. The molecule has 0 spiro atoms. The molecule has 1 aliphatic carbocycles. The summed E-state index contributed by atoms with van der Waals surface area (Å²) >= 11 is 5.40. The van der Waals surface area contributed by atoms with Crippen LogP contribution in [0.4, 0.5) is 0 Å². The van der Waals surface area contributed by atoms with Crippen LogP contribution < -0.4 is 0 Å². The fourth-order valence-corrected chi connectivity index (χ4v) is 4.63. The summed E-state index contributed by atoms with van der Waals surface area (Å²) in [5, 5.41) is 0. The summed E-state index contributed by atoms with van der Waals surface area (Å²) in [5.74, 6) is 0.120. The van der Waals surface area contributed by atoms with E-state index >= 15 is 0 Å². The summed E-state index contributed by atoms with van der Waals surface area (Å²) in [6, 6.07) is 20.7. The summed E-state index contributed by atoms with van der Waals surface area (Å²) in [4.78, 5) is 17.9. The highest BCUT2D eigenvalue weighted by molar-refractivity contribution is 9.10. The average Bonchev–Trinajstić information content (AvgIpc) is 2.67. The molecule has 27 heavy (non-hydrogen) atoms. The van der Waals surface area contributed by atoms with Crippen LogP contribution in [-0.2, 0) is 11.3 Å².